The monoisotopic (exact) mass is 592 g/mol. The van der Waals surface area contributed by atoms with Crippen molar-refractivity contribution in [3.63, 3.8) is 0 Å². The summed E-state index contributed by atoms with van der Waals surface area (Å²) in [4.78, 5) is 34.1. The highest BCUT2D eigenvalue weighted by Gasteiger charge is 2.58. The summed E-state index contributed by atoms with van der Waals surface area (Å²) in [6, 6.07) is 2.99. The molecule has 8 heteroatoms. The molecule has 5 unspecified atom stereocenters. The van der Waals surface area contributed by atoms with E-state index in [1.165, 1.54) is 25.7 Å². The van der Waals surface area contributed by atoms with Crippen LogP contribution in [0.5, 0.6) is 0 Å². The minimum atomic E-state index is -0.733. The Hall–Kier alpha value is -3.03. The van der Waals surface area contributed by atoms with E-state index in [9.17, 15) is 25.0 Å². The van der Waals surface area contributed by atoms with Crippen molar-refractivity contribution < 1.29 is 19.4 Å². The lowest BCUT2D eigenvalue weighted by Crippen LogP contribution is -2.50. The van der Waals surface area contributed by atoms with Gasteiger partial charge in [-0.1, -0.05) is 65.3 Å². The molecule has 3 saturated carbocycles. The van der Waals surface area contributed by atoms with Gasteiger partial charge >= 0.3 is 5.97 Å². The van der Waals surface area contributed by atoms with Gasteiger partial charge in [-0.2, -0.15) is 0 Å². The Bertz CT molecular complexity index is 1300. The van der Waals surface area contributed by atoms with Crippen molar-refractivity contribution in [3.8, 4) is 0 Å². The first-order valence-corrected chi connectivity index (χ1v) is 16.3. The fourth-order valence-electron chi connectivity index (χ4n) is 9.33. The first-order valence-electron chi connectivity index (χ1n) is 16.3. The molecule has 0 heterocycles. The Morgan fingerprint density at radius 1 is 0.907 bits per heavy atom. The van der Waals surface area contributed by atoms with Crippen LogP contribution in [0.3, 0.4) is 0 Å². The Morgan fingerprint density at radius 3 is 2.16 bits per heavy atom. The molecule has 1 aromatic carbocycles. The van der Waals surface area contributed by atoms with Gasteiger partial charge < -0.3 is 4.74 Å². The Kier molecular flexibility index (Phi) is 8.62. The lowest BCUT2D eigenvalue weighted by Gasteiger charge is -2.58. The molecule has 0 radical (unpaired) electrons. The van der Waals surface area contributed by atoms with Crippen molar-refractivity contribution in [2.45, 2.75) is 99.0 Å². The maximum absolute atomic E-state index is 13.0. The summed E-state index contributed by atoms with van der Waals surface area (Å²) >= 11 is 0. The van der Waals surface area contributed by atoms with E-state index < -0.39 is 27.2 Å². The number of ether oxygens (including phenoxy) is 1. The summed E-state index contributed by atoms with van der Waals surface area (Å²) in [5.41, 5.74) is 1.07. The molecular formula is C35H48N2O6. The van der Waals surface area contributed by atoms with Gasteiger partial charge in [-0.25, -0.2) is 4.79 Å². The molecule has 0 bridgehead atoms. The predicted molar refractivity (Wildman–Crippen MR) is 166 cm³/mol. The number of fused-ring (bicyclic) bond motifs is 5. The number of non-ortho nitro benzene ring substituents is 2. The normalized spacial score (nSPS) is 35.0. The first-order chi connectivity index (χ1) is 20.2. The quantitative estimate of drug-likeness (QED) is 0.129. The number of benzene rings is 1. The molecule has 4 aliphatic carbocycles. The molecule has 8 nitrogen and oxygen atoms in total. The lowest BCUT2D eigenvalue weighted by atomic mass is 9.47. The van der Waals surface area contributed by atoms with Crippen molar-refractivity contribution in [1.29, 1.82) is 0 Å². The number of carbonyl (C=O) groups excluding carboxylic acids is 1. The third-order valence-electron chi connectivity index (χ3n) is 12.3. The minimum absolute atomic E-state index is 0.148. The standard InChI is InChI=1S/C35H48N2O6/c1-21(2)22(3)7-8-23(4)30-11-12-31-29-10-9-25-19-28(13-15-34(25,5)32(29)14-16-35(30,31)6)43-33(38)24-17-26(36(39)40)20-27(18-24)37(41)42/h7-8,10,17-18,20-23,25,28,30-32H,9,11-16,19H2,1-6H3/b8-7+/t22-,23+,25?,28?,30?,31?,32-,34+,35?/m0/s1. The fraction of sp³-hybridized carbons (Fsp3) is 0.686. The van der Waals surface area contributed by atoms with Crippen molar-refractivity contribution in [2.75, 3.05) is 0 Å². The minimum Gasteiger partial charge on any atom is -0.459 e. The number of allylic oxidation sites excluding steroid dienone is 4. The van der Waals surface area contributed by atoms with E-state index in [0.29, 0.717) is 46.8 Å². The van der Waals surface area contributed by atoms with Crippen molar-refractivity contribution >= 4 is 17.3 Å². The van der Waals surface area contributed by atoms with E-state index in [0.717, 1.165) is 43.9 Å². The Labute approximate surface area is 255 Å². The SMILES string of the molecule is CC(C)[C@@H](C)/C=C/[C@@H](C)C1CCC2C3=CCC4CC(OC(=O)c5cc([N+](=O)[O-])cc([N+](=O)[O-])c5)CC[C@@]4(C)[C@H]3CCC21C. The second kappa shape index (κ2) is 11.8. The summed E-state index contributed by atoms with van der Waals surface area (Å²) in [5.74, 6) is 3.42. The number of esters is 1. The zero-order valence-electron chi connectivity index (χ0n) is 26.6. The Morgan fingerprint density at radius 2 is 1.53 bits per heavy atom. The van der Waals surface area contributed by atoms with Gasteiger partial charge in [-0.05, 0) is 104 Å². The second-order valence-electron chi connectivity index (χ2n) is 14.9. The summed E-state index contributed by atoms with van der Waals surface area (Å²) in [6.45, 7) is 14.3. The van der Waals surface area contributed by atoms with Crippen LogP contribution in [0.25, 0.3) is 0 Å². The van der Waals surface area contributed by atoms with E-state index >= 15 is 0 Å². The molecule has 9 atom stereocenters. The highest BCUT2D eigenvalue weighted by atomic mass is 16.6. The van der Waals surface area contributed by atoms with Gasteiger partial charge in [0, 0.05) is 12.1 Å². The summed E-state index contributed by atoms with van der Waals surface area (Å²) < 4.78 is 5.85. The molecule has 0 saturated heterocycles. The molecule has 0 N–H and O–H groups in total. The fourth-order valence-corrected chi connectivity index (χ4v) is 9.33. The average molecular weight is 593 g/mol. The van der Waals surface area contributed by atoms with Crippen LogP contribution in [0.1, 0.15) is 103 Å². The zero-order valence-corrected chi connectivity index (χ0v) is 26.6. The van der Waals surface area contributed by atoms with Crippen LogP contribution in [-0.4, -0.2) is 21.9 Å². The highest BCUT2D eigenvalue weighted by molar-refractivity contribution is 5.91. The van der Waals surface area contributed by atoms with E-state index in [4.69, 9.17) is 4.74 Å². The molecule has 1 aromatic rings. The predicted octanol–water partition coefficient (Wildman–Crippen LogP) is 9.09. The highest BCUT2D eigenvalue weighted by Crippen LogP contribution is 2.67. The molecule has 0 aromatic heterocycles. The van der Waals surface area contributed by atoms with E-state index in [1.54, 1.807) is 5.57 Å². The van der Waals surface area contributed by atoms with Crippen molar-refractivity contribution in [2.24, 2.45) is 52.3 Å². The number of carbonyl (C=O) groups is 1. The third kappa shape index (κ3) is 5.78. The number of rotatable bonds is 8. The number of nitro groups is 2. The van der Waals surface area contributed by atoms with Crippen LogP contribution >= 0.6 is 0 Å². The first kappa shape index (κ1) is 31.4. The summed E-state index contributed by atoms with van der Waals surface area (Å²) in [5, 5.41) is 22.6. The molecule has 234 valence electrons. The Balaban J connectivity index is 1.28. The van der Waals surface area contributed by atoms with Gasteiger partial charge in [0.2, 0.25) is 0 Å². The second-order valence-corrected chi connectivity index (χ2v) is 14.9. The van der Waals surface area contributed by atoms with E-state index in [2.05, 4.69) is 59.8 Å². The van der Waals surface area contributed by atoms with Gasteiger partial charge in [0.05, 0.1) is 21.5 Å². The maximum Gasteiger partial charge on any atom is 0.338 e. The number of nitrogens with zero attached hydrogens (tertiary/aromatic N) is 2. The molecule has 43 heavy (non-hydrogen) atoms. The van der Waals surface area contributed by atoms with E-state index in [1.807, 2.05) is 0 Å². The van der Waals surface area contributed by atoms with Gasteiger partial charge in [-0.15, -0.1) is 0 Å². The molecular weight excluding hydrogens is 544 g/mol. The smallest absolute Gasteiger partial charge is 0.338 e. The molecule has 0 spiro atoms. The van der Waals surface area contributed by atoms with Crippen LogP contribution in [0, 0.1) is 72.5 Å². The summed E-state index contributed by atoms with van der Waals surface area (Å²) in [6.07, 6.45) is 15.6. The van der Waals surface area contributed by atoms with Crippen molar-refractivity contribution in [1.82, 2.24) is 0 Å². The van der Waals surface area contributed by atoms with Gasteiger partial charge in [0.15, 0.2) is 0 Å². The van der Waals surface area contributed by atoms with Crippen LogP contribution < -0.4 is 0 Å². The molecule has 0 aliphatic heterocycles. The zero-order chi connectivity index (χ0) is 31.3. The number of hydrogen-bond donors (Lipinski definition) is 0. The third-order valence-corrected chi connectivity index (χ3v) is 12.3. The average Bonchev–Trinajstić information content (AvgIpc) is 3.32. The number of hydrogen-bond acceptors (Lipinski definition) is 6. The van der Waals surface area contributed by atoms with Crippen LogP contribution in [0.15, 0.2) is 42.0 Å². The molecule has 5 rings (SSSR count). The molecule has 0 amide bonds. The molecule has 4 aliphatic rings. The molecule has 3 fully saturated rings. The lowest BCUT2D eigenvalue weighted by molar-refractivity contribution is -0.394. The van der Waals surface area contributed by atoms with Crippen LogP contribution in [0.4, 0.5) is 11.4 Å². The van der Waals surface area contributed by atoms with E-state index in [-0.39, 0.29) is 17.1 Å². The van der Waals surface area contributed by atoms with Gasteiger partial charge in [0.1, 0.15) is 6.10 Å². The topological polar surface area (TPSA) is 113 Å². The largest absolute Gasteiger partial charge is 0.459 e. The summed E-state index contributed by atoms with van der Waals surface area (Å²) in [7, 11) is 0. The van der Waals surface area contributed by atoms with Crippen molar-refractivity contribution in [3.05, 3.63) is 67.8 Å². The van der Waals surface area contributed by atoms with Gasteiger partial charge in [-0.3, -0.25) is 20.2 Å². The van der Waals surface area contributed by atoms with Crippen LogP contribution in [0.2, 0.25) is 0 Å². The number of nitro benzene ring substituents is 2. The maximum atomic E-state index is 13.0. The van der Waals surface area contributed by atoms with Crippen LogP contribution in [-0.2, 0) is 4.74 Å². The van der Waals surface area contributed by atoms with Gasteiger partial charge in [0.25, 0.3) is 11.4 Å².